The van der Waals surface area contributed by atoms with Gasteiger partial charge in [-0.2, -0.15) is 0 Å². The van der Waals surface area contributed by atoms with Gasteiger partial charge in [0.15, 0.2) is 46.9 Å². The summed E-state index contributed by atoms with van der Waals surface area (Å²) in [5, 5.41) is 87.1. The summed E-state index contributed by atoms with van der Waals surface area (Å²) in [6.45, 7) is -0.749. The number of carbonyl (C=O) groups excluding carboxylic acids is 2. The zero-order chi connectivity index (χ0) is 25.3. The number of hydrogen-bond acceptors (Lipinski definition) is 14. The van der Waals surface area contributed by atoms with Crippen molar-refractivity contribution in [2.75, 3.05) is 6.61 Å². The van der Waals surface area contributed by atoms with Crippen molar-refractivity contribution in [3.05, 3.63) is 35.4 Å². The van der Waals surface area contributed by atoms with Gasteiger partial charge in [0.1, 0.15) is 24.9 Å². The van der Waals surface area contributed by atoms with Crippen LogP contribution in [0.25, 0.3) is 0 Å². The molecule has 3 rings (SSSR count). The first-order valence-corrected chi connectivity index (χ1v) is 9.48. The lowest BCUT2D eigenvalue weighted by atomic mass is 9.99. The highest BCUT2D eigenvalue weighted by atomic mass is 16.7. The van der Waals surface area contributed by atoms with Gasteiger partial charge in [-0.25, -0.2) is 9.59 Å². The molecule has 14 nitrogen and oxygen atoms in total. The van der Waals surface area contributed by atoms with Crippen molar-refractivity contribution in [1.29, 1.82) is 0 Å². The molecule has 0 radical (unpaired) electrons. The van der Waals surface area contributed by atoms with Gasteiger partial charge in [-0.05, 0) is 24.3 Å². The highest BCUT2D eigenvalue weighted by Gasteiger charge is 2.47. The molecule has 1 saturated heterocycles. The molecule has 2 aromatic carbocycles. The van der Waals surface area contributed by atoms with Crippen molar-refractivity contribution in [2.45, 2.75) is 30.7 Å². The molecule has 0 aromatic heterocycles. The number of rotatable bonds is 5. The molecule has 0 saturated carbocycles. The van der Waals surface area contributed by atoms with E-state index in [1.54, 1.807) is 0 Å². The standard InChI is InChI=1S/C20H20O14/c21-8-1-6(2-9(22)13(8)25)18(29)32-5-12-15(27)17(16(28)20(31)33-12)34-19(30)7-3-10(23)14(26)11(24)4-7/h1-4,12,15-17,20-28,31H,5H2/t12-,15-,16-,17-,20-/m1/s1. The Morgan fingerprint density at radius 2 is 1.18 bits per heavy atom. The Labute approximate surface area is 189 Å². The van der Waals surface area contributed by atoms with Crippen LogP contribution in [-0.4, -0.2) is 95.2 Å². The number of aliphatic hydroxyl groups excluding tert-OH is 3. The number of aliphatic hydroxyl groups is 3. The third-order valence-corrected chi connectivity index (χ3v) is 4.89. The normalized spacial score (nSPS) is 24.4. The second-order valence-corrected chi connectivity index (χ2v) is 7.24. The maximum absolute atomic E-state index is 12.4. The summed E-state index contributed by atoms with van der Waals surface area (Å²) in [5.41, 5.74) is -0.850. The number of aromatic hydroxyl groups is 6. The molecule has 1 aliphatic heterocycles. The van der Waals surface area contributed by atoms with E-state index in [4.69, 9.17) is 14.2 Å². The zero-order valence-electron chi connectivity index (χ0n) is 17.0. The van der Waals surface area contributed by atoms with E-state index in [9.17, 15) is 55.5 Å². The lowest BCUT2D eigenvalue weighted by Crippen LogP contribution is -2.60. The predicted molar refractivity (Wildman–Crippen MR) is 105 cm³/mol. The van der Waals surface area contributed by atoms with E-state index in [2.05, 4.69) is 0 Å². The molecule has 1 fully saturated rings. The van der Waals surface area contributed by atoms with Crippen molar-refractivity contribution >= 4 is 11.9 Å². The third kappa shape index (κ3) is 4.84. The van der Waals surface area contributed by atoms with Gasteiger partial charge in [-0.1, -0.05) is 0 Å². The number of esters is 2. The van der Waals surface area contributed by atoms with Gasteiger partial charge in [0.25, 0.3) is 0 Å². The molecule has 34 heavy (non-hydrogen) atoms. The first kappa shape index (κ1) is 24.7. The van der Waals surface area contributed by atoms with Gasteiger partial charge in [-0.3, -0.25) is 0 Å². The van der Waals surface area contributed by atoms with E-state index >= 15 is 0 Å². The lowest BCUT2D eigenvalue weighted by Gasteiger charge is -2.39. The molecule has 0 bridgehead atoms. The molecule has 1 aliphatic rings. The molecule has 0 spiro atoms. The highest BCUT2D eigenvalue weighted by molar-refractivity contribution is 5.91. The zero-order valence-corrected chi connectivity index (χ0v) is 17.0. The van der Waals surface area contributed by atoms with Crippen molar-refractivity contribution in [3.8, 4) is 34.5 Å². The van der Waals surface area contributed by atoms with Crippen molar-refractivity contribution in [3.63, 3.8) is 0 Å². The fraction of sp³-hybridized carbons (Fsp3) is 0.300. The van der Waals surface area contributed by atoms with Crippen molar-refractivity contribution in [2.24, 2.45) is 0 Å². The predicted octanol–water partition coefficient (Wildman–Crippen LogP) is -1.26. The maximum atomic E-state index is 12.4. The summed E-state index contributed by atoms with van der Waals surface area (Å²) >= 11 is 0. The first-order valence-electron chi connectivity index (χ1n) is 9.48. The summed E-state index contributed by atoms with van der Waals surface area (Å²) in [5.74, 6) is -7.48. The fourth-order valence-electron chi connectivity index (χ4n) is 3.07. The number of carbonyl (C=O) groups is 2. The van der Waals surface area contributed by atoms with Gasteiger partial charge < -0.3 is 60.2 Å². The van der Waals surface area contributed by atoms with Crippen LogP contribution in [0.5, 0.6) is 34.5 Å². The third-order valence-electron chi connectivity index (χ3n) is 4.89. The number of phenolic OH excluding ortho intramolecular Hbond substituents is 6. The van der Waals surface area contributed by atoms with E-state index in [-0.39, 0.29) is 5.56 Å². The van der Waals surface area contributed by atoms with E-state index < -0.39 is 89.3 Å². The van der Waals surface area contributed by atoms with E-state index in [0.29, 0.717) is 0 Å². The summed E-state index contributed by atoms with van der Waals surface area (Å²) < 4.78 is 14.8. The second kappa shape index (κ2) is 9.48. The largest absolute Gasteiger partial charge is 0.504 e. The van der Waals surface area contributed by atoms with Crippen LogP contribution in [0.2, 0.25) is 0 Å². The van der Waals surface area contributed by atoms with Crippen LogP contribution in [-0.2, 0) is 14.2 Å². The van der Waals surface area contributed by atoms with Gasteiger partial charge in [-0.15, -0.1) is 0 Å². The summed E-state index contributed by atoms with van der Waals surface area (Å²) in [6, 6.07) is 3.07. The Balaban J connectivity index is 1.71. The Bertz CT molecular complexity index is 1050. The molecule has 9 N–H and O–H groups in total. The number of benzene rings is 2. The van der Waals surface area contributed by atoms with E-state index in [1.807, 2.05) is 0 Å². The Morgan fingerprint density at radius 3 is 1.65 bits per heavy atom. The van der Waals surface area contributed by atoms with Crippen LogP contribution in [0.3, 0.4) is 0 Å². The minimum Gasteiger partial charge on any atom is -0.504 e. The summed E-state index contributed by atoms with van der Waals surface area (Å²) in [4.78, 5) is 24.5. The van der Waals surface area contributed by atoms with Crippen molar-refractivity contribution < 1.29 is 69.8 Å². The van der Waals surface area contributed by atoms with Crippen LogP contribution in [0.4, 0.5) is 0 Å². The van der Waals surface area contributed by atoms with Crippen LogP contribution >= 0.6 is 0 Å². The van der Waals surface area contributed by atoms with Gasteiger partial charge >= 0.3 is 11.9 Å². The molecule has 0 amide bonds. The maximum Gasteiger partial charge on any atom is 0.338 e. The van der Waals surface area contributed by atoms with Crippen LogP contribution in [0.15, 0.2) is 24.3 Å². The monoisotopic (exact) mass is 484 g/mol. The van der Waals surface area contributed by atoms with Crippen LogP contribution in [0, 0.1) is 0 Å². The summed E-state index contributed by atoms with van der Waals surface area (Å²) in [6.07, 6.45) is -9.14. The smallest absolute Gasteiger partial charge is 0.338 e. The fourth-order valence-corrected chi connectivity index (χ4v) is 3.07. The van der Waals surface area contributed by atoms with Crippen molar-refractivity contribution in [1.82, 2.24) is 0 Å². The lowest BCUT2D eigenvalue weighted by molar-refractivity contribution is -0.285. The Hall–Kier alpha value is -3.98. The molecule has 184 valence electrons. The van der Waals surface area contributed by atoms with Gasteiger partial charge in [0, 0.05) is 0 Å². The highest BCUT2D eigenvalue weighted by Crippen LogP contribution is 2.37. The Morgan fingerprint density at radius 1 is 0.735 bits per heavy atom. The Kier molecular flexibility index (Phi) is 6.88. The van der Waals surface area contributed by atoms with E-state index in [0.717, 1.165) is 24.3 Å². The topological polar surface area (TPSA) is 244 Å². The molecule has 0 unspecified atom stereocenters. The second-order valence-electron chi connectivity index (χ2n) is 7.24. The van der Waals surface area contributed by atoms with Crippen LogP contribution in [0.1, 0.15) is 20.7 Å². The summed E-state index contributed by atoms with van der Waals surface area (Å²) in [7, 11) is 0. The van der Waals surface area contributed by atoms with Crippen LogP contribution < -0.4 is 0 Å². The van der Waals surface area contributed by atoms with E-state index in [1.165, 1.54) is 0 Å². The minimum absolute atomic E-state index is 0.381. The molecule has 0 aliphatic carbocycles. The van der Waals surface area contributed by atoms with Gasteiger partial charge in [0.2, 0.25) is 0 Å². The number of phenols is 6. The number of ether oxygens (including phenoxy) is 3. The minimum atomic E-state index is -1.99. The molecule has 1 heterocycles. The average Bonchev–Trinajstić information content (AvgIpc) is 2.79. The molecule has 14 heteroatoms. The molecule has 2 aromatic rings. The first-order chi connectivity index (χ1) is 15.9. The number of hydrogen-bond donors (Lipinski definition) is 9. The molecular formula is C20H20O14. The quantitative estimate of drug-likeness (QED) is 0.178. The molecular weight excluding hydrogens is 464 g/mol. The average molecular weight is 484 g/mol. The SMILES string of the molecule is O=C(OC[C@H]1O[C@@H](O)[C@H](O)[C@H](OC(=O)c2cc(O)c(O)c(O)c2)[C@@H]1O)c1cc(O)c(O)c(O)c1. The molecule has 5 atom stereocenters. The van der Waals surface area contributed by atoms with Gasteiger partial charge in [0.05, 0.1) is 11.1 Å².